The molecule has 8 heteroatoms. The van der Waals surface area contributed by atoms with E-state index in [1.54, 1.807) is 41.5 Å². The van der Waals surface area contributed by atoms with Gasteiger partial charge in [-0.1, -0.05) is 0 Å². The number of amides is 3. The Hall–Kier alpha value is -2.64. The van der Waals surface area contributed by atoms with E-state index in [0.29, 0.717) is 30.6 Å². The molecule has 1 fully saturated rings. The van der Waals surface area contributed by atoms with Crippen LogP contribution in [0.15, 0.2) is 18.2 Å². The Balaban J connectivity index is 2.00. The maximum atomic E-state index is 14.2. The molecule has 3 amide bonds. The summed E-state index contributed by atoms with van der Waals surface area (Å²) in [5.41, 5.74) is -2.02. The van der Waals surface area contributed by atoms with Crippen molar-refractivity contribution in [3.63, 3.8) is 0 Å². The van der Waals surface area contributed by atoms with Gasteiger partial charge in [0.25, 0.3) is 0 Å². The van der Waals surface area contributed by atoms with E-state index in [0.717, 1.165) is 4.90 Å². The molecular weight excluding hydrogens is 391 g/mol. The van der Waals surface area contributed by atoms with Crippen molar-refractivity contribution in [2.75, 3.05) is 18.0 Å². The third kappa shape index (κ3) is 4.13. The van der Waals surface area contributed by atoms with Crippen LogP contribution in [0.4, 0.5) is 19.7 Å². The average Bonchev–Trinajstić information content (AvgIpc) is 2.81. The van der Waals surface area contributed by atoms with Crippen LogP contribution in [-0.4, -0.2) is 47.3 Å². The summed E-state index contributed by atoms with van der Waals surface area (Å²) in [5, 5.41) is 0. The first kappa shape index (κ1) is 22.1. The van der Waals surface area contributed by atoms with Crippen molar-refractivity contribution in [1.82, 2.24) is 4.90 Å². The van der Waals surface area contributed by atoms with Crippen LogP contribution in [0.3, 0.4) is 0 Å². The smallest absolute Gasteiger partial charge is 0.421 e. The number of rotatable bonds is 0. The summed E-state index contributed by atoms with van der Waals surface area (Å²) in [6.45, 7) is 10.8. The first-order valence-electron chi connectivity index (χ1n) is 10.1. The highest BCUT2D eigenvalue weighted by molar-refractivity contribution is 6.21. The van der Waals surface area contributed by atoms with Crippen LogP contribution in [0.25, 0.3) is 0 Å². The van der Waals surface area contributed by atoms with Crippen molar-refractivity contribution < 1.29 is 28.2 Å². The minimum Gasteiger partial charge on any atom is -0.444 e. The zero-order valence-corrected chi connectivity index (χ0v) is 18.4. The van der Waals surface area contributed by atoms with Gasteiger partial charge in [-0.3, -0.25) is 4.79 Å². The van der Waals surface area contributed by atoms with Crippen molar-refractivity contribution in [2.24, 2.45) is 0 Å². The highest BCUT2D eigenvalue weighted by Crippen LogP contribution is 2.47. The van der Waals surface area contributed by atoms with Gasteiger partial charge in [0.2, 0.25) is 5.91 Å². The fraction of sp³-hybridized carbons (Fsp3) is 0.591. The fourth-order valence-corrected chi connectivity index (χ4v) is 3.95. The molecule has 0 saturated carbocycles. The van der Waals surface area contributed by atoms with E-state index in [-0.39, 0.29) is 6.54 Å². The second kappa shape index (κ2) is 7.25. The van der Waals surface area contributed by atoms with Crippen LogP contribution in [0.2, 0.25) is 0 Å². The molecule has 2 aliphatic rings. The molecule has 2 aliphatic heterocycles. The van der Waals surface area contributed by atoms with E-state index in [2.05, 4.69) is 0 Å². The molecule has 1 unspecified atom stereocenters. The number of hydrogen-bond acceptors (Lipinski definition) is 5. The van der Waals surface area contributed by atoms with Crippen molar-refractivity contribution in [2.45, 2.75) is 71.0 Å². The molecule has 0 N–H and O–H groups in total. The summed E-state index contributed by atoms with van der Waals surface area (Å²) >= 11 is 0. The number of halogens is 1. The van der Waals surface area contributed by atoms with Crippen LogP contribution in [0, 0.1) is 5.82 Å². The number of ether oxygens (including phenoxy) is 2. The van der Waals surface area contributed by atoms with Gasteiger partial charge in [0, 0.05) is 13.1 Å². The molecule has 0 aliphatic carbocycles. The van der Waals surface area contributed by atoms with Crippen LogP contribution in [0.5, 0.6) is 0 Å². The second-order valence-electron chi connectivity index (χ2n) is 9.87. The summed E-state index contributed by atoms with van der Waals surface area (Å²) < 4.78 is 25.0. The predicted octanol–water partition coefficient (Wildman–Crippen LogP) is 4.38. The summed E-state index contributed by atoms with van der Waals surface area (Å²) in [4.78, 5) is 41.5. The summed E-state index contributed by atoms with van der Waals surface area (Å²) in [6, 6.07) is 3.89. The minimum absolute atomic E-state index is 0.0104. The van der Waals surface area contributed by atoms with E-state index in [1.165, 1.54) is 23.1 Å². The molecular formula is C22H29FN2O5. The van der Waals surface area contributed by atoms with Gasteiger partial charge in [0.15, 0.2) is 0 Å². The molecule has 1 aromatic carbocycles. The van der Waals surface area contributed by atoms with Gasteiger partial charge in [0.05, 0.1) is 11.1 Å². The number of hydrogen-bond donors (Lipinski definition) is 0. The van der Waals surface area contributed by atoms with Crippen molar-refractivity contribution in [3.8, 4) is 0 Å². The first-order chi connectivity index (χ1) is 13.7. The Bertz CT molecular complexity index is 886. The summed E-state index contributed by atoms with van der Waals surface area (Å²) in [7, 11) is 0. The molecule has 1 atom stereocenters. The number of piperidine rings is 1. The zero-order valence-electron chi connectivity index (χ0n) is 18.4. The van der Waals surface area contributed by atoms with Gasteiger partial charge in [-0.2, -0.15) is 0 Å². The Morgan fingerprint density at radius 1 is 1.03 bits per heavy atom. The second-order valence-corrected chi connectivity index (χ2v) is 9.87. The van der Waals surface area contributed by atoms with E-state index in [9.17, 15) is 18.8 Å². The third-order valence-corrected chi connectivity index (χ3v) is 5.05. The number of imide groups is 1. The molecule has 0 radical (unpaired) electrons. The molecule has 2 heterocycles. The number of anilines is 1. The van der Waals surface area contributed by atoms with E-state index >= 15 is 0 Å². The van der Waals surface area contributed by atoms with Crippen molar-refractivity contribution >= 4 is 23.8 Å². The average molecular weight is 420 g/mol. The van der Waals surface area contributed by atoms with Crippen LogP contribution in [-0.2, 0) is 19.7 Å². The molecule has 30 heavy (non-hydrogen) atoms. The van der Waals surface area contributed by atoms with E-state index < -0.39 is 40.5 Å². The molecule has 1 saturated heterocycles. The van der Waals surface area contributed by atoms with Gasteiger partial charge in [-0.05, 0) is 78.1 Å². The lowest BCUT2D eigenvalue weighted by Gasteiger charge is -2.39. The minimum atomic E-state index is -1.22. The molecule has 1 spiro atoms. The Morgan fingerprint density at radius 3 is 2.23 bits per heavy atom. The SMILES string of the molecule is CC(C)(C)OC(=O)N1CCCC2(C1)C(=O)N(C(=O)OC(C)(C)C)c1ccc(F)cc12. The highest BCUT2D eigenvalue weighted by Gasteiger charge is 2.56. The number of likely N-dealkylation sites (tertiary alicyclic amines) is 1. The lowest BCUT2D eigenvalue weighted by atomic mass is 9.75. The van der Waals surface area contributed by atoms with Crippen LogP contribution < -0.4 is 4.90 Å². The van der Waals surface area contributed by atoms with Gasteiger partial charge in [-0.15, -0.1) is 0 Å². The van der Waals surface area contributed by atoms with E-state index in [1.807, 2.05) is 0 Å². The van der Waals surface area contributed by atoms with Crippen LogP contribution in [0.1, 0.15) is 59.9 Å². The van der Waals surface area contributed by atoms with Gasteiger partial charge in [0.1, 0.15) is 17.0 Å². The lowest BCUT2D eigenvalue weighted by Crippen LogP contribution is -2.55. The number of carbonyl (C=O) groups excluding carboxylic acids is 3. The molecule has 0 aromatic heterocycles. The number of benzene rings is 1. The van der Waals surface area contributed by atoms with Crippen LogP contribution >= 0.6 is 0 Å². The first-order valence-corrected chi connectivity index (χ1v) is 10.1. The topological polar surface area (TPSA) is 76.2 Å². The fourth-order valence-electron chi connectivity index (χ4n) is 3.95. The van der Waals surface area contributed by atoms with E-state index in [4.69, 9.17) is 9.47 Å². The standard InChI is InChI=1S/C22H29FN2O5/c1-20(2,3)29-18(27)24-11-7-10-22(13-24)15-12-14(23)8-9-16(15)25(17(22)26)19(28)30-21(4,5)6/h8-9,12H,7,10-11,13H2,1-6H3. The molecule has 1 aromatic rings. The normalized spacial score (nSPS) is 21.6. The van der Waals surface area contributed by atoms with Gasteiger partial charge < -0.3 is 14.4 Å². The molecule has 7 nitrogen and oxygen atoms in total. The van der Waals surface area contributed by atoms with Crippen molar-refractivity contribution in [3.05, 3.63) is 29.6 Å². The maximum absolute atomic E-state index is 14.2. The van der Waals surface area contributed by atoms with Crippen molar-refractivity contribution in [1.29, 1.82) is 0 Å². The highest BCUT2D eigenvalue weighted by atomic mass is 19.1. The number of carbonyl (C=O) groups is 3. The van der Waals surface area contributed by atoms with Gasteiger partial charge in [-0.25, -0.2) is 18.9 Å². The number of nitrogens with zero attached hydrogens (tertiary/aromatic N) is 2. The maximum Gasteiger partial charge on any atom is 0.421 e. The lowest BCUT2D eigenvalue weighted by molar-refractivity contribution is -0.124. The third-order valence-electron chi connectivity index (χ3n) is 5.05. The summed E-state index contributed by atoms with van der Waals surface area (Å²) in [5.74, 6) is -1.02. The molecule has 0 bridgehead atoms. The molecule has 3 rings (SSSR count). The largest absolute Gasteiger partial charge is 0.444 e. The Labute approximate surface area is 176 Å². The Kier molecular flexibility index (Phi) is 5.33. The summed E-state index contributed by atoms with van der Waals surface area (Å²) in [6.07, 6.45) is -0.445. The molecule has 164 valence electrons. The Morgan fingerprint density at radius 2 is 1.63 bits per heavy atom. The number of fused-ring (bicyclic) bond motifs is 2. The zero-order chi connectivity index (χ0) is 22.5. The monoisotopic (exact) mass is 420 g/mol. The predicted molar refractivity (Wildman–Crippen MR) is 109 cm³/mol. The van der Waals surface area contributed by atoms with Gasteiger partial charge >= 0.3 is 12.2 Å². The quantitative estimate of drug-likeness (QED) is 0.623.